The van der Waals surface area contributed by atoms with E-state index >= 15 is 0 Å². The Morgan fingerprint density at radius 3 is 2.48 bits per heavy atom. The van der Waals surface area contributed by atoms with Crippen LogP contribution in [0.2, 0.25) is 0 Å². The lowest BCUT2D eigenvalue weighted by molar-refractivity contribution is 0.387. The average molecular weight is 335 g/mol. The molecule has 0 bridgehead atoms. The summed E-state index contributed by atoms with van der Waals surface area (Å²) < 4.78 is 4.99. The minimum absolute atomic E-state index is 0.434. The smallest absolute Gasteiger partial charge is 0.223 e. The van der Waals surface area contributed by atoms with Crippen LogP contribution in [0, 0.1) is 13.8 Å². The van der Waals surface area contributed by atoms with E-state index in [1.165, 1.54) is 5.56 Å². The minimum atomic E-state index is 0.434. The third-order valence-corrected chi connectivity index (χ3v) is 3.56. The van der Waals surface area contributed by atoms with Gasteiger partial charge in [0.15, 0.2) is 11.8 Å². The number of aliphatic imine (C=N–C) groups is 1. The summed E-state index contributed by atoms with van der Waals surface area (Å²) in [5.74, 6) is 1.80. The molecule has 0 aliphatic rings. The van der Waals surface area contributed by atoms with E-state index in [1.54, 1.807) is 6.92 Å². The molecular weight excluding hydrogens is 314 g/mol. The predicted octanol–water partition coefficient (Wildman–Crippen LogP) is 3.44. The van der Waals surface area contributed by atoms with E-state index in [0.717, 1.165) is 11.3 Å². The Morgan fingerprint density at radius 1 is 1.04 bits per heavy atom. The van der Waals surface area contributed by atoms with Crippen LogP contribution in [0.4, 0.5) is 5.69 Å². The average Bonchev–Trinajstić information content (AvgIpc) is 3.05. The molecule has 0 atom stereocenters. The molecule has 6 heteroatoms. The summed E-state index contributed by atoms with van der Waals surface area (Å²) in [5.41, 5.74) is 3.35. The van der Waals surface area contributed by atoms with Crippen LogP contribution in [0.5, 0.6) is 0 Å². The lowest BCUT2D eigenvalue weighted by Crippen LogP contribution is -2.30. The first-order chi connectivity index (χ1) is 12.2. The zero-order chi connectivity index (χ0) is 17.5. The number of benzene rings is 2. The van der Waals surface area contributed by atoms with E-state index in [-0.39, 0.29) is 0 Å². The number of hydrogen-bond donors (Lipinski definition) is 2. The van der Waals surface area contributed by atoms with Crippen LogP contribution in [0.25, 0.3) is 0 Å². The van der Waals surface area contributed by atoms with Gasteiger partial charge in [0.05, 0.1) is 13.1 Å². The maximum atomic E-state index is 4.99. The monoisotopic (exact) mass is 335 g/mol. The highest BCUT2D eigenvalue weighted by molar-refractivity contribution is 5.93. The summed E-state index contributed by atoms with van der Waals surface area (Å²) in [7, 11) is 0. The number of para-hydroxylation sites is 1. The van der Waals surface area contributed by atoms with Gasteiger partial charge in [-0.3, -0.25) is 0 Å². The quantitative estimate of drug-likeness (QED) is 0.552. The molecule has 0 saturated carbocycles. The first-order valence-electron chi connectivity index (χ1n) is 8.14. The first kappa shape index (κ1) is 16.7. The van der Waals surface area contributed by atoms with Crippen molar-refractivity contribution in [3.63, 3.8) is 0 Å². The molecule has 2 N–H and O–H groups in total. The molecular formula is C19H21N5O. The fraction of sp³-hybridized carbons (Fsp3) is 0.211. The van der Waals surface area contributed by atoms with Crippen molar-refractivity contribution in [1.82, 2.24) is 15.5 Å². The summed E-state index contributed by atoms with van der Waals surface area (Å²) in [5, 5.41) is 10.4. The highest BCUT2D eigenvalue weighted by Gasteiger charge is 2.05. The van der Waals surface area contributed by atoms with Crippen molar-refractivity contribution < 1.29 is 4.52 Å². The number of anilines is 1. The summed E-state index contributed by atoms with van der Waals surface area (Å²) >= 11 is 0. The van der Waals surface area contributed by atoms with Crippen molar-refractivity contribution in [3.8, 4) is 0 Å². The molecule has 0 amide bonds. The van der Waals surface area contributed by atoms with Crippen molar-refractivity contribution in [3.05, 3.63) is 77.4 Å². The summed E-state index contributed by atoms with van der Waals surface area (Å²) in [6.45, 7) is 4.85. The van der Waals surface area contributed by atoms with Crippen molar-refractivity contribution >= 4 is 11.6 Å². The molecule has 0 aliphatic heterocycles. The fourth-order valence-corrected chi connectivity index (χ4v) is 2.24. The summed E-state index contributed by atoms with van der Waals surface area (Å²) in [4.78, 5) is 8.84. The molecule has 2 aromatic carbocycles. The largest absolute Gasteiger partial charge is 0.349 e. The zero-order valence-corrected chi connectivity index (χ0v) is 14.4. The summed E-state index contributed by atoms with van der Waals surface area (Å²) in [6.07, 6.45) is 0. The Morgan fingerprint density at radius 2 is 1.80 bits per heavy atom. The standard InChI is InChI=1S/C19H21N5O/c1-14-8-10-16(11-9-14)12-20-19(23-17-6-4-3-5-7-17)21-13-18-22-15(2)25-24-18/h3-11H,12-13H2,1-2H3,(H2,20,21,23). The molecule has 0 aliphatic carbocycles. The van der Waals surface area contributed by atoms with Crippen LogP contribution < -0.4 is 10.6 Å². The maximum absolute atomic E-state index is 4.99. The van der Waals surface area contributed by atoms with Crippen molar-refractivity contribution in [2.45, 2.75) is 26.9 Å². The van der Waals surface area contributed by atoms with Crippen molar-refractivity contribution in [2.24, 2.45) is 4.99 Å². The molecule has 6 nitrogen and oxygen atoms in total. The Kier molecular flexibility index (Phi) is 5.41. The van der Waals surface area contributed by atoms with E-state index in [4.69, 9.17) is 4.52 Å². The highest BCUT2D eigenvalue weighted by atomic mass is 16.5. The van der Waals surface area contributed by atoms with E-state index < -0.39 is 0 Å². The number of aromatic nitrogens is 2. The van der Waals surface area contributed by atoms with Gasteiger partial charge in [0.25, 0.3) is 0 Å². The molecule has 0 radical (unpaired) electrons. The number of rotatable bonds is 5. The summed E-state index contributed by atoms with van der Waals surface area (Å²) in [6, 6.07) is 18.2. The van der Waals surface area contributed by atoms with Gasteiger partial charge in [-0.25, -0.2) is 4.99 Å². The molecule has 1 aromatic heterocycles. The van der Waals surface area contributed by atoms with Gasteiger partial charge in [-0.15, -0.1) is 0 Å². The lowest BCUT2D eigenvalue weighted by atomic mass is 10.1. The topological polar surface area (TPSA) is 75.3 Å². The van der Waals surface area contributed by atoms with Crippen LogP contribution in [0.1, 0.15) is 22.8 Å². The number of hydrogen-bond acceptors (Lipinski definition) is 4. The Hall–Kier alpha value is -3.15. The maximum Gasteiger partial charge on any atom is 0.223 e. The van der Waals surface area contributed by atoms with Gasteiger partial charge in [0.2, 0.25) is 5.89 Å². The van der Waals surface area contributed by atoms with Crippen LogP contribution in [0.15, 0.2) is 64.1 Å². The van der Waals surface area contributed by atoms with Gasteiger partial charge in [-0.1, -0.05) is 53.2 Å². The minimum Gasteiger partial charge on any atom is -0.349 e. The van der Waals surface area contributed by atoms with Crippen LogP contribution >= 0.6 is 0 Å². The zero-order valence-electron chi connectivity index (χ0n) is 14.4. The van der Waals surface area contributed by atoms with E-state index in [0.29, 0.717) is 30.8 Å². The number of nitrogens with one attached hydrogen (secondary N) is 2. The molecule has 0 unspecified atom stereocenters. The first-order valence-corrected chi connectivity index (χ1v) is 8.14. The van der Waals surface area contributed by atoms with Crippen LogP contribution in [-0.4, -0.2) is 16.1 Å². The third-order valence-electron chi connectivity index (χ3n) is 3.56. The fourth-order valence-electron chi connectivity index (χ4n) is 2.24. The normalized spacial score (nSPS) is 11.4. The Labute approximate surface area is 147 Å². The molecule has 1 heterocycles. The second-order valence-corrected chi connectivity index (χ2v) is 5.72. The van der Waals surface area contributed by atoms with Gasteiger partial charge < -0.3 is 15.2 Å². The third kappa shape index (κ3) is 5.17. The second kappa shape index (κ2) is 8.10. The molecule has 25 heavy (non-hydrogen) atoms. The Balaban J connectivity index is 1.70. The SMILES string of the molecule is Cc1ccc(CN=C(NCc2noc(C)n2)Nc2ccccc2)cc1. The molecule has 128 valence electrons. The van der Waals surface area contributed by atoms with Gasteiger partial charge in [-0.2, -0.15) is 4.98 Å². The molecule has 0 saturated heterocycles. The van der Waals surface area contributed by atoms with E-state index in [2.05, 4.69) is 57.0 Å². The van der Waals surface area contributed by atoms with Crippen LogP contribution in [0.3, 0.4) is 0 Å². The highest BCUT2D eigenvalue weighted by Crippen LogP contribution is 2.07. The number of aryl methyl sites for hydroxylation is 2. The molecule has 0 spiro atoms. The second-order valence-electron chi connectivity index (χ2n) is 5.72. The van der Waals surface area contributed by atoms with Gasteiger partial charge >= 0.3 is 0 Å². The van der Waals surface area contributed by atoms with Crippen molar-refractivity contribution in [2.75, 3.05) is 5.32 Å². The van der Waals surface area contributed by atoms with Gasteiger partial charge in [-0.05, 0) is 24.6 Å². The molecule has 3 aromatic rings. The Bertz CT molecular complexity index is 825. The molecule has 3 rings (SSSR count). The predicted molar refractivity (Wildman–Crippen MR) is 98.3 cm³/mol. The number of guanidine groups is 1. The van der Waals surface area contributed by atoms with Gasteiger partial charge in [0.1, 0.15) is 0 Å². The molecule has 0 fully saturated rings. The number of nitrogens with zero attached hydrogens (tertiary/aromatic N) is 3. The van der Waals surface area contributed by atoms with Gasteiger partial charge in [0, 0.05) is 12.6 Å². The van der Waals surface area contributed by atoms with E-state index in [1.807, 2.05) is 30.3 Å². The van der Waals surface area contributed by atoms with Crippen molar-refractivity contribution in [1.29, 1.82) is 0 Å². The van der Waals surface area contributed by atoms with Crippen LogP contribution in [-0.2, 0) is 13.1 Å². The lowest BCUT2D eigenvalue weighted by Gasteiger charge is -2.11. The van der Waals surface area contributed by atoms with E-state index in [9.17, 15) is 0 Å².